The fraction of sp³-hybridized carbons (Fsp3) is 0.348. The second-order valence-corrected chi connectivity index (χ2v) is 8.09. The monoisotopic (exact) mass is 408 g/mol. The summed E-state index contributed by atoms with van der Waals surface area (Å²) < 4.78 is 12.6. The summed E-state index contributed by atoms with van der Waals surface area (Å²) in [5.41, 5.74) is 5.31. The molecule has 0 aliphatic carbocycles. The van der Waals surface area contributed by atoms with Crippen molar-refractivity contribution in [3.05, 3.63) is 66.1 Å². The van der Waals surface area contributed by atoms with Crippen LogP contribution in [0, 0.1) is 6.92 Å². The van der Waals surface area contributed by atoms with Gasteiger partial charge in [-0.2, -0.15) is 5.10 Å². The largest absolute Gasteiger partial charge is 0.444 e. The zero-order valence-electron chi connectivity index (χ0n) is 17.9. The van der Waals surface area contributed by atoms with E-state index in [0.29, 0.717) is 19.8 Å². The summed E-state index contributed by atoms with van der Waals surface area (Å²) in [7, 11) is 0. The lowest BCUT2D eigenvalue weighted by Crippen LogP contribution is -2.32. The Morgan fingerprint density at radius 3 is 2.80 bits per heavy atom. The van der Waals surface area contributed by atoms with Gasteiger partial charge in [-0.05, 0) is 56.5 Å². The predicted molar refractivity (Wildman–Crippen MR) is 116 cm³/mol. The molecule has 1 N–H and O–H groups in total. The van der Waals surface area contributed by atoms with Gasteiger partial charge in [0.25, 0.3) is 0 Å². The van der Waals surface area contributed by atoms with E-state index in [-0.39, 0.29) is 0 Å². The third-order valence-electron chi connectivity index (χ3n) is 4.41. The minimum absolute atomic E-state index is 0.399. The van der Waals surface area contributed by atoms with Crippen LogP contribution in [-0.4, -0.2) is 32.9 Å². The van der Waals surface area contributed by atoms with Crippen molar-refractivity contribution in [1.82, 2.24) is 19.9 Å². The summed E-state index contributed by atoms with van der Waals surface area (Å²) in [4.78, 5) is 16.4. The van der Waals surface area contributed by atoms with Gasteiger partial charge in [0.05, 0.1) is 24.4 Å². The molecule has 0 radical (unpaired) electrons. The van der Waals surface area contributed by atoms with E-state index in [1.165, 1.54) is 0 Å². The third kappa shape index (κ3) is 5.45. The Kier molecular flexibility index (Phi) is 6.52. The molecule has 3 rings (SSSR count). The molecule has 7 heteroatoms. The van der Waals surface area contributed by atoms with E-state index >= 15 is 0 Å². The van der Waals surface area contributed by atoms with Gasteiger partial charge in [-0.15, -0.1) is 6.58 Å². The highest BCUT2D eigenvalue weighted by Gasteiger charge is 2.16. The number of nitrogens with zero attached hydrogens (tertiary/aromatic N) is 3. The predicted octanol–water partition coefficient (Wildman–Crippen LogP) is 4.43. The second-order valence-electron chi connectivity index (χ2n) is 8.09. The van der Waals surface area contributed by atoms with Gasteiger partial charge in [-0.25, -0.2) is 14.3 Å². The molecule has 0 unspecified atom stereocenters. The number of nitrogens with one attached hydrogen (secondary N) is 1. The Morgan fingerprint density at radius 1 is 1.30 bits per heavy atom. The van der Waals surface area contributed by atoms with Crippen LogP contribution in [0.3, 0.4) is 0 Å². The normalized spacial score (nSPS) is 11.5. The molecule has 0 aliphatic rings. The molecule has 1 aromatic carbocycles. The molecule has 0 saturated carbocycles. The lowest BCUT2D eigenvalue weighted by atomic mass is 10.0. The summed E-state index contributed by atoms with van der Waals surface area (Å²) in [5.74, 6) is 0. The summed E-state index contributed by atoms with van der Waals surface area (Å²) >= 11 is 0. The SMILES string of the molecule is C=CCOCc1cc2c(-c3ccc(CNC(=O)OC(C)(C)C)c(C)c3)ncnn2c1. The summed E-state index contributed by atoms with van der Waals surface area (Å²) in [5, 5.41) is 7.10. The van der Waals surface area contributed by atoms with Crippen molar-refractivity contribution in [1.29, 1.82) is 0 Å². The van der Waals surface area contributed by atoms with Crippen molar-refractivity contribution in [2.45, 2.75) is 46.4 Å². The minimum atomic E-state index is -0.520. The minimum Gasteiger partial charge on any atom is -0.444 e. The number of aryl methyl sites for hydroxylation is 1. The van der Waals surface area contributed by atoms with E-state index in [0.717, 1.165) is 33.5 Å². The number of hydrogen-bond acceptors (Lipinski definition) is 5. The number of alkyl carbamates (subject to hydrolysis) is 1. The maximum atomic E-state index is 11.9. The molecule has 0 spiro atoms. The zero-order valence-corrected chi connectivity index (χ0v) is 17.9. The number of carbonyl (C=O) groups is 1. The Labute approximate surface area is 176 Å². The molecule has 0 aliphatic heterocycles. The number of rotatable bonds is 7. The van der Waals surface area contributed by atoms with E-state index < -0.39 is 11.7 Å². The van der Waals surface area contributed by atoms with Crippen molar-refractivity contribution in [2.24, 2.45) is 0 Å². The van der Waals surface area contributed by atoms with Crippen LogP contribution in [0.5, 0.6) is 0 Å². The second kappa shape index (κ2) is 9.09. The van der Waals surface area contributed by atoms with E-state index in [1.807, 2.05) is 56.6 Å². The maximum absolute atomic E-state index is 11.9. The molecule has 2 aromatic heterocycles. The van der Waals surface area contributed by atoms with Crippen LogP contribution in [0.1, 0.15) is 37.5 Å². The van der Waals surface area contributed by atoms with Gasteiger partial charge in [0.2, 0.25) is 0 Å². The van der Waals surface area contributed by atoms with Gasteiger partial charge in [0.15, 0.2) is 0 Å². The fourth-order valence-electron chi connectivity index (χ4n) is 3.07. The number of benzene rings is 1. The first-order valence-electron chi connectivity index (χ1n) is 9.84. The lowest BCUT2D eigenvalue weighted by molar-refractivity contribution is 0.0523. The molecule has 1 amide bonds. The molecule has 0 atom stereocenters. The highest BCUT2D eigenvalue weighted by Crippen LogP contribution is 2.25. The number of amides is 1. The molecule has 158 valence electrons. The smallest absolute Gasteiger partial charge is 0.407 e. The third-order valence-corrected chi connectivity index (χ3v) is 4.41. The summed E-state index contributed by atoms with van der Waals surface area (Å²) in [6, 6.07) is 8.10. The van der Waals surface area contributed by atoms with Crippen molar-refractivity contribution >= 4 is 11.6 Å². The van der Waals surface area contributed by atoms with Crippen LogP contribution in [0.25, 0.3) is 16.8 Å². The topological polar surface area (TPSA) is 77.8 Å². The van der Waals surface area contributed by atoms with Crippen LogP contribution in [-0.2, 0) is 22.6 Å². The van der Waals surface area contributed by atoms with Crippen LogP contribution in [0.15, 0.2) is 49.4 Å². The molecule has 0 bridgehead atoms. The molecular formula is C23H28N4O3. The molecule has 0 saturated heterocycles. The quantitative estimate of drug-likeness (QED) is 0.462. The molecule has 30 heavy (non-hydrogen) atoms. The fourth-order valence-corrected chi connectivity index (χ4v) is 3.07. The molecule has 0 fully saturated rings. The standard InChI is InChI=1S/C23H28N4O3/c1-6-9-29-14-17-11-20-21(25-15-26-27(20)13-17)18-7-8-19(16(2)10-18)12-24-22(28)30-23(3,4)5/h6-8,10-11,13,15H,1,9,12,14H2,2-5H3,(H,24,28). The van der Waals surface area contributed by atoms with E-state index in [1.54, 1.807) is 12.4 Å². The lowest BCUT2D eigenvalue weighted by Gasteiger charge is -2.20. The van der Waals surface area contributed by atoms with Crippen LogP contribution in [0.4, 0.5) is 4.79 Å². The van der Waals surface area contributed by atoms with Crippen molar-refractivity contribution in [3.63, 3.8) is 0 Å². The molecule has 3 aromatic rings. The number of aromatic nitrogens is 3. The summed E-state index contributed by atoms with van der Waals surface area (Å²) in [6.07, 6.45) is 4.78. The zero-order chi connectivity index (χ0) is 21.7. The Morgan fingerprint density at radius 2 is 2.10 bits per heavy atom. The van der Waals surface area contributed by atoms with Crippen molar-refractivity contribution in [2.75, 3.05) is 6.61 Å². The van der Waals surface area contributed by atoms with Gasteiger partial charge in [0.1, 0.15) is 11.9 Å². The van der Waals surface area contributed by atoms with Gasteiger partial charge < -0.3 is 14.8 Å². The van der Waals surface area contributed by atoms with Gasteiger partial charge >= 0.3 is 6.09 Å². The van der Waals surface area contributed by atoms with E-state index in [4.69, 9.17) is 9.47 Å². The first-order valence-corrected chi connectivity index (χ1v) is 9.84. The number of fused-ring (bicyclic) bond motifs is 1. The first-order chi connectivity index (χ1) is 14.3. The van der Waals surface area contributed by atoms with Crippen molar-refractivity contribution in [3.8, 4) is 11.3 Å². The molecule has 7 nitrogen and oxygen atoms in total. The Balaban J connectivity index is 1.78. The van der Waals surface area contributed by atoms with E-state index in [2.05, 4.69) is 28.0 Å². The van der Waals surface area contributed by atoms with E-state index in [9.17, 15) is 4.79 Å². The van der Waals surface area contributed by atoms with Crippen LogP contribution >= 0.6 is 0 Å². The van der Waals surface area contributed by atoms with Gasteiger partial charge in [-0.3, -0.25) is 0 Å². The van der Waals surface area contributed by atoms with Crippen LogP contribution < -0.4 is 5.32 Å². The van der Waals surface area contributed by atoms with Gasteiger partial charge in [-0.1, -0.05) is 18.2 Å². The maximum Gasteiger partial charge on any atom is 0.407 e. The van der Waals surface area contributed by atoms with Crippen LogP contribution in [0.2, 0.25) is 0 Å². The highest BCUT2D eigenvalue weighted by molar-refractivity contribution is 5.77. The van der Waals surface area contributed by atoms with Crippen molar-refractivity contribution < 1.29 is 14.3 Å². The number of ether oxygens (including phenoxy) is 2. The summed E-state index contributed by atoms with van der Waals surface area (Å²) in [6.45, 7) is 12.6. The number of carbonyl (C=O) groups excluding carboxylic acids is 1. The Hall–Kier alpha value is -3.19. The average molecular weight is 409 g/mol. The number of hydrogen-bond donors (Lipinski definition) is 1. The molecule has 2 heterocycles. The molecular weight excluding hydrogens is 380 g/mol. The highest BCUT2D eigenvalue weighted by atomic mass is 16.6. The average Bonchev–Trinajstić information content (AvgIpc) is 3.08. The first kappa shape index (κ1) is 21.5. The Bertz CT molecular complexity index is 1050. The van der Waals surface area contributed by atoms with Gasteiger partial charge in [0, 0.05) is 18.3 Å².